The molecule has 0 radical (unpaired) electrons. The molecule has 0 amide bonds. The normalized spacial score (nSPS) is 11.4. The molecule has 0 N–H and O–H groups in total. The molecule has 0 heterocycles. The van der Waals surface area contributed by atoms with Crippen molar-refractivity contribution in [2.45, 2.75) is 104 Å². The van der Waals surface area contributed by atoms with Crippen LogP contribution in [0.5, 0.6) is 0 Å². The van der Waals surface area contributed by atoms with Crippen molar-refractivity contribution in [3.63, 3.8) is 0 Å². The van der Waals surface area contributed by atoms with Gasteiger partial charge in [0.1, 0.15) is 0 Å². The fourth-order valence-electron chi connectivity index (χ4n) is 6.32. The number of hydrogen-bond donors (Lipinski definition) is 0. The third-order valence-corrected chi connectivity index (χ3v) is 19.1. The van der Waals surface area contributed by atoms with Gasteiger partial charge < -0.3 is 0 Å². The van der Waals surface area contributed by atoms with Crippen molar-refractivity contribution in [2.75, 3.05) is 0 Å². The Morgan fingerprint density at radius 3 is 0.471 bits per heavy atom. The summed E-state index contributed by atoms with van der Waals surface area (Å²) < 4.78 is 5.11. The van der Waals surface area contributed by atoms with E-state index in [2.05, 4.69) is 104 Å². The molecule has 3 rings (SSSR count). The zero-order valence-corrected chi connectivity index (χ0v) is 27.0. The topological polar surface area (TPSA) is 0 Å². The van der Waals surface area contributed by atoms with Gasteiger partial charge in [-0.25, -0.2) is 0 Å². The summed E-state index contributed by atoms with van der Waals surface area (Å²) in [4.78, 5) is 0. The Hall–Kier alpha value is -1.70. The second-order valence-corrected chi connectivity index (χ2v) is 16.5. The van der Waals surface area contributed by atoms with Crippen LogP contribution in [0.1, 0.15) is 83.5 Å². The van der Waals surface area contributed by atoms with Gasteiger partial charge in [-0.15, -0.1) is 0 Å². The zero-order valence-electron chi connectivity index (χ0n) is 24.6. The van der Waals surface area contributed by atoms with E-state index in [1.165, 1.54) is 83.5 Å². The van der Waals surface area contributed by atoms with Gasteiger partial charge in [0.25, 0.3) is 0 Å². The molecule has 0 bridgehead atoms. The maximum atomic E-state index is 2.40. The Bertz CT molecular complexity index is 1080. The van der Waals surface area contributed by atoms with E-state index in [0.29, 0.717) is 0 Å². The van der Waals surface area contributed by atoms with Gasteiger partial charge >= 0.3 is 216 Å². The molecular formula is C33H45Ga. The second kappa shape index (κ2) is 9.39. The van der Waals surface area contributed by atoms with Crippen LogP contribution in [0, 0.1) is 104 Å². The number of rotatable bonds is 3. The molecule has 0 unspecified atom stereocenters. The minimum atomic E-state index is -2.48. The molecule has 0 aliphatic heterocycles. The fraction of sp³-hybridized carbons (Fsp3) is 0.455. The Kier molecular flexibility index (Phi) is 7.43. The van der Waals surface area contributed by atoms with Crippen molar-refractivity contribution in [2.24, 2.45) is 0 Å². The maximum absolute atomic E-state index is 2.48. The molecule has 1 heteroatoms. The minimum absolute atomic E-state index is 1.47. The van der Waals surface area contributed by atoms with E-state index < -0.39 is 16.2 Å². The van der Waals surface area contributed by atoms with E-state index in [0.717, 1.165) is 0 Å². The summed E-state index contributed by atoms with van der Waals surface area (Å²) in [7, 11) is 0. The van der Waals surface area contributed by atoms with Crippen molar-refractivity contribution < 1.29 is 0 Å². The average molecular weight is 511 g/mol. The summed E-state index contributed by atoms with van der Waals surface area (Å²) in [5.41, 5.74) is 22.5. The van der Waals surface area contributed by atoms with Gasteiger partial charge in [0.2, 0.25) is 0 Å². The molecular weight excluding hydrogens is 466 g/mol. The van der Waals surface area contributed by atoms with Crippen LogP contribution >= 0.6 is 0 Å². The molecule has 0 saturated heterocycles. The molecule has 0 atom stereocenters. The molecule has 0 nitrogen and oxygen atoms in total. The van der Waals surface area contributed by atoms with Crippen LogP contribution < -0.4 is 12.4 Å². The SMILES string of the molecule is Cc1c(C)c(C)[c]([Ga]([c]2c(C)c(C)c(C)c(C)c2C)[c]2c(C)c(C)c(C)c(C)c2C)c(C)c1C. The van der Waals surface area contributed by atoms with E-state index in [1.807, 2.05) is 0 Å². The first-order valence-electron chi connectivity index (χ1n) is 12.9. The molecule has 3 aromatic carbocycles. The molecule has 0 aromatic heterocycles. The third kappa shape index (κ3) is 3.84. The number of hydrogen-bond acceptors (Lipinski definition) is 0. The van der Waals surface area contributed by atoms with E-state index in [9.17, 15) is 0 Å². The van der Waals surface area contributed by atoms with Crippen molar-refractivity contribution in [3.8, 4) is 0 Å². The Morgan fingerprint density at radius 2 is 0.324 bits per heavy atom. The molecule has 0 aliphatic rings. The molecule has 180 valence electrons. The van der Waals surface area contributed by atoms with Crippen LogP contribution in [0.25, 0.3) is 0 Å². The van der Waals surface area contributed by atoms with Crippen LogP contribution in [0.3, 0.4) is 0 Å². The van der Waals surface area contributed by atoms with Gasteiger partial charge in [-0.3, -0.25) is 0 Å². The number of benzene rings is 3. The van der Waals surface area contributed by atoms with E-state index in [4.69, 9.17) is 0 Å². The predicted molar refractivity (Wildman–Crippen MR) is 155 cm³/mol. The molecule has 0 saturated carbocycles. The van der Waals surface area contributed by atoms with E-state index in [-0.39, 0.29) is 0 Å². The summed E-state index contributed by atoms with van der Waals surface area (Å²) in [5.74, 6) is 0. The van der Waals surface area contributed by atoms with Gasteiger partial charge in [0.05, 0.1) is 0 Å². The first kappa shape index (κ1) is 26.9. The summed E-state index contributed by atoms with van der Waals surface area (Å²) in [6.07, 6.45) is 0. The summed E-state index contributed by atoms with van der Waals surface area (Å²) >= 11 is -2.48. The second-order valence-electron chi connectivity index (χ2n) is 11.0. The van der Waals surface area contributed by atoms with E-state index >= 15 is 0 Å². The molecule has 0 fully saturated rings. The monoisotopic (exact) mass is 510 g/mol. The summed E-state index contributed by atoms with van der Waals surface area (Å²) in [6.45, 7) is 35.4. The van der Waals surface area contributed by atoms with Gasteiger partial charge in [-0.2, -0.15) is 0 Å². The first-order valence-corrected chi connectivity index (χ1v) is 16.5. The summed E-state index contributed by atoms with van der Waals surface area (Å²) in [6, 6.07) is 0. The van der Waals surface area contributed by atoms with Gasteiger partial charge in [0.15, 0.2) is 0 Å². The average Bonchev–Trinajstić information content (AvgIpc) is 2.81. The molecule has 3 aromatic rings. The van der Waals surface area contributed by atoms with Crippen LogP contribution in [0.4, 0.5) is 0 Å². The fourth-order valence-corrected chi connectivity index (χ4v) is 16.3. The van der Waals surface area contributed by atoms with Crippen molar-refractivity contribution >= 4 is 28.6 Å². The van der Waals surface area contributed by atoms with Gasteiger partial charge in [0, 0.05) is 0 Å². The zero-order chi connectivity index (χ0) is 26.0. The molecule has 34 heavy (non-hydrogen) atoms. The van der Waals surface area contributed by atoms with Gasteiger partial charge in [-0.05, 0) is 0 Å². The first-order chi connectivity index (χ1) is 15.7. The van der Waals surface area contributed by atoms with Gasteiger partial charge in [-0.1, -0.05) is 0 Å². The quantitative estimate of drug-likeness (QED) is 0.338. The predicted octanol–water partition coefficient (Wildman–Crippen LogP) is 6.83. The Labute approximate surface area is 215 Å². The van der Waals surface area contributed by atoms with Crippen LogP contribution in [-0.4, -0.2) is 16.2 Å². The van der Waals surface area contributed by atoms with Crippen molar-refractivity contribution in [1.29, 1.82) is 0 Å². The van der Waals surface area contributed by atoms with Crippen molar-refractivity contribution in [3.05, 3.63) is 83.5 Å². The standard InChI is InChI=1S/3C11H15.Ga/c3*1-7-6-8(2)10(4)11(5)9(7)3;/h3*1-5H3;. The molecule has 0 aliphatic carbocycles. The van der Waals surface area contributed by atoms with Crippen molar-refractivity contribution in [1.82, 2.24) is 0 Å². The third-order valence-electron chi connectivity index (χ3n) is 10.0. The van der Waals surface area contributed by atoms with Crippen LogP contribution in [-0.2, 0) is 0 Å². The van der Waals surface area contributed by atoms with E-state index in [1.54, 1.807) is 12.4 Å². The molecule has 0 spiro atoms. The van der Waals surface area contributed by atoms with Crippen LogP contribution in [0.2, 0.25) is 0 Å². The van der Waals surface area contributed by atoms with Crippen LogP contribution in [0.15, 0.2) is 0 Å². The Morgan fingerprint density at radius 1 is 0.206 bits per heavy atom. The Balaban J connectivity index is 2.68. The summed E-state index contributed by atoms with van der Waals surface area (Å²) in [5, 5.41) is 0.